The number of carboxylic acids is 1. The van der Waals surface area contributed by atoms with Crippen LogP contribution in [0.2, 0.25) is 0 Å². The molecule has 0 rings (SSSR count). The monoisotopic (exact) mass is 537 g/mol. The van der Waals surface area contributed by atoms with Gasteiger partial charge in [0.15, 0.2) is 0 Å². The summed E-state index contributed by atoms with van der Waals surface area (Å²) in [5, 5.41) is 9.32. The van der Waals surface area contributed by atoms with E-state index < -0.39 is 5.97 Å². The van der Waals surface area contributed by atoms with Crippen molar-refractivity contribution in [2.45, 2.75) is 219 Å². The number of hydrogen-bond donors (Lipinski definition) is 1. The van der Waals surface area contributed by atoms with Crippen molar-refractivity contribution in [2.75, 3.05) is 0 Å². The average molecular weight is 537 g/mol. The normalized spacial score (nSPS) is 12.3. The van der Waals surface area contributed by atoms with Crippen LogP contribution >= 0.6 is 0 Å². The van der Waals surface area contributed by atoms with Crippen LogP contribution in [-0.2, 0) is 4.79 Å². The molecule has 2 nitrogen and oxygen atoms in total. The van der Waals surface area contributed by atoms with E-state index in [4.69, 9.17) is 0 Å². The Bertz CT molecular complexity index is 447. The van der Waals surface area contributed by atoms with Crippen LogP contribution in [0.1, 0.15) is 219 Å². The van der Waals surface area contributed by atoms with Gasteiger partial charge in [0.1, 0.15) is 0 Å². The molecule has 0 fully saturated rings. The highest BCUT2D eigenvalue weighted by Gasteiger charge is 2.12. The number of carbonyl (C=O) groups is 1. The van der Waals surface area contributed by atoms with Gasteiger partial charge in [0.2, 0.25) is 0 Å². The maximum atomic E-state index is 11.3. The van der Waals surface area contributed by atoms with Crippen molar-refractivity contribution in [1.29, 1.82) is 0 Å². The van der Waals surface area contributed by atoms with E-state index in [2.05, 4.69) is 13.8 Å². The number of rotatable bonds is 33. The van der Waals surface area contributed by atoms with Gasteiger partial charge in [-0.3, -0.25) is 4.79 Å². The summed E-state index contributed by atoms with van der Waals surface area (Å²) in [5.74, 6) is -0.187. The Morgan fingerprint density at radius 2 is 0.605 bits per heavy atom. The Balaban J connectivity index is 3.48. The van der Waals surface area contributed by atoms with Crippen LogP contribution in [0, 0.1) is 5.92 Å². The second-order valence-corrected chi connectivity index (χ2v) is 12.6. The average Bonchev–Trinajstić information content (AvgIpc) is 2.90. The molecule has 2 heteroatoms. The number of aliphatic carboxylic acids is 1. The third-order valence-corrected chi connectivity index (χ3v) is 8.65. The maximum absolute atomic E-state index is 11.3. The first-order valence-corrected chi connectivity index (χ1v) is 17.9. The third-order valence-electron chi connectivity index (χ3n) is 8.65. The van der Waals surface area contributed by atoms with E-state index in [1.54, 1.807) is 0 Å². The predicted molar refractivity (Wildman–Crippen MR) is 170 cm³/mol. The van der Waals surface area contributed by atoms with E-state index in [1.807, 2.05) is 0 Å². The van der Waals surface area contributed by atoms with Gasteiger partial charge in [0.25, 0.3) is 0 Å². The fourth-order valence-corrected chi connectivity index (χ4v) is 6.03. The predicted octanol–water partition coefficient (Wildman–Crippen LogP) is 13.2. The van der Waals surface area contributed by atoms with Gasteiger partial charge in [-0.1, -0.05) is 200 Å². The molecule has 0 spiro atoms. The van der Waals surface area contributed by atoms with Crippen LogP contribution in [0.3, 0.4) is 0 Å². The number of carboxylic acid groups (broad SMARTS) is 1. The van der Waals surface area contributed by atoms with E-state index in [0.29, 0.717) is 12.3 Å². The minimum atomic E-state index is -0.596. The van der Waals surface area contributed by atoms with Gasteiger partial charge in [-0.05, 0) is 18.8 Å². The second-order valence-electron chi connectivity index (χ2n) is 12.6. The molecule has 0 amide bonds. The van der Waals surface area contributed by atoms with Crippen molar-refractivity contribution in [3.8, 4) is 0 Å². The highest BCUT2D eigenvalue weighted by atomic mass is 16.4. The smallest absolute Gasteiger partial charge is 0.303 e. The summed E-state index contributed by atoms with van der Waals surface area (Å²) in [6.45, 7) is 4.58. The van der Waals surface area contributed by atoms with Crippen molar-refractivity contribution in [3.63, 3.8) is 0 Å². The van der Waals surface area contributed by atoms with Crippen molar-refractivity contribution in [2.24, 2.45) is 5.92 Å². The Morgan fingerprint density at radius 3 is 0.816 bits per heavy atom. The van der Waals surface area contributed by atoms with Crippen LogP contribution < -0.4 is 0 Å². The molecule has 0 aromatic rings. The highest BCUT2D eigenvalue weighted by molar-refractivity contribution is 5.66. The Morgan fingerprint density at radius 1 is 0.395 bits per heavy atom. The molecule has 228 valence electrons. The number of unbranched alkanes of at least 4 members (excludes halogenated alkanes) is 27. The first-order valence-electron chi connectivity index (χ1n) is 17.9. The zero-order valence-electron chi connectivity index (χ0n) is 26.6. The first-order chi connectivity index (χ1) is 18.7. The van der Waals surface area contributed by atoms with Crippen molar-refractivity contribution in [3.05, 3.63) is 0 Å². The minimum Gasteiger partial charge on any atom is -0.481 e. The van der Waals surface area contributed by atoms with Crippen molar-refractivity contribution in [1.82, 2.24) is 0 Å². The molecule has 0 saturated heterocycles. The van der Waals surface area contributed by atoms with Gasteiger partial charge in [-0.2, -0.15) is 0 Å². The van der Waals surface area contributed by atoms with E-state index in [1.165, 1.54) is 186 Å². The lowest BCUT2D eigenvalue weighted by Crippen LogP contribution is -2.08. The third kappa shape index (κ3) is 31.7. The summed E-state index contributed by atoms with van der Waals surface area (Å²) in [6.07, 6.45) is 43.0. The van der Waals surface area contributed by atoms with Gasteiger partial charge < -0.3 is 5.11 Å². The SMILES string of the molecule is CCCCCCCCCCCCCCCCCC(CCCCCCCCCCCCCCCC)CC(=O)O. The van der Waals surface area contributed by atoms with Crippen molar-refractivity contribution < 1.29 is 9.90 Å². The Hall–Kier alpha value is -0.530. The lowest BCUT2D eigenvalue weighted by molar-refractivity contribution is -0.138. The highest BCUT2D eigenvalue weighted by Crippen LogP contribution is 2.23. The van der Waals surface area contributed by atoms with E-state index >= 15 is 0 Å². The molecule has 0 saturated carbocycles. The molecule has 0 aromatic carbocycles. The van der Waals surface area contributed by atoms with Crippen LogP contribution in [-0.4, -0.2) is 11.1 Å². The standard InChI is InChI=1S/C36H72O2/c1-3-5-7-9-11-13-15-17-19-21-23-25-27-29-31-33-35(34-36(37)38)32-30-28-26-24-22-20-18-16-14-12-10-8-6-4-2/h35H,3-34H2,1-2H3,(H,37,38). The minimum absolute atomic E-state index is 0.386. The van der Waals surface area contributed by atoms with Crippen LogP contribution in [0.25, 0.3) is 0 Å². The first kappa shape index (κ1) is 37.5. The van der Waals surface area contributed by atoms with Crippen molar-refractivity contribution >= 4 is 5.97 Å². The largest absolute Gasteiger partial charge is 0.481 e. The van der Waals surface area contributed by atoms with Crippen LogP contribution in [0.15, 0.2) is 0 Å². The summed E-state index contributed by atoms with van der Waals surface area (Å²) < 4.78 is 0. The summed E-state index contributed by atoms with van der Waals surface area (Å²) >= 11 is 0. The molecule has 0 aliphatic carbocycles. The van der Waals surface area contributed by atoms with Crippen LogP contribution in [0.5, 0.6) is 0 Å². The molecule has 0 radical (unpaired) electrons. The van der Waals surface area contributed by atoms with E-state index in [9.17, 15) is 9.90 Å². The molecular formula is C36H72O2. The zero-order valence-corrected chi connectivity index (χ0v) is 26.6. The van der Waals surface area contributed by atoms with Crippen LogP contribution in [0.4, 0.5) is 0 Å². The molecular weight excluding hydrogens is 464 g/mol. The van der Waals surface area contributed by atoms with E-state index in [-0.39, 0.29) is 0 Å². The molecule has 0 aliphatic rings. The summed E-state index contributed by atoms with van der Waals surface area (Å²) in [4.78, 5) is 11.3. The Kier molecular flexibility index (Phi) is 32.2. The zero-order chi connectivity index (χ0) is 27.8. The van der Waals surface area contributed by atoms with Gasteiger partial charge in [-0.15, -0.1) is 0 Å². The molecule has 0 bridgehead atoms. The summed E-state index contributed by atoms with van der Waals surface area (Å²) in [5.41, 5.74) is 0. The quantitative estimate of drug-likeness (QED) is 0.0847. The van der Waals surface area contributed by atoms with Gasteiger partial charge in [-0.25, -0.2) is 0 Å². The molecule has 0 heterocycles. The van der Waals surface area contributed by atoms with Gasteiger partial charge in [0.05, 0.1) is 0 Å². The van der Waals surface area contributed by atoms with E-state index in [0.717, 1.165) is 12.8 Å². The topological polar surface area (TPSA) is 37.3 Å². The molecule has 0 aromatic heterocycles. The maximum Gasteiger partial charge on any atom is 0.303 e. The van der Waals surface area contributed by atoms with Gasteiger partial charge >= 0.3 is 5.97 Å². The summed E-state index contributed by atoms with van der Waals surface area (Å²) in [6, 6.07) is 0. The molecule has 1 atom stereocenters. The molecule has 38 heavy (non-hydrogen) atoms. The molecule has 0 aliphatic heterocycles. The lowest BCUT2D eigenvalue weighted by atomic mass is 9.91. The molecule has 1 N–H and O–H groups in total. The van der Waals surface area contributed by atoms with Gasteiger partial charge in [0, 0.05) is 6.42 Å². The number of hydrogen-bond acceptors (Lipinski definition) is 1. The lowest BCUT2D eigenvalue weighted by Gasteiger charge is -2.14. The second kappa shape index (κ2) is 32.7. The summed E-state index contributed by atoms with van der Waals surface area (Å²) in [7, 11) is 0. The fraction of sp³-hybridized carbons (Fsp3) is 0.972. The fourth-order valence-electron chi connectivity index (χ4n) is 6.03. The Labute approximate surface area is 240 Å². The molecule has 1 unspecified atom stereocenters.